The van der Waals surface area contributed by atoms with Gasteiger partial charge in [0, 0.05) is 19.0 Å². The summed E-state index contributed by atoms with van der Waals surface area (Å²) in [4.78, 5) is 2.19. The molecule has 1 unspecified atom stereocenters. The van der Waals surface area contributed by atoms with E-state index in [-0.39, 0.29) is 11.7 Å². The Morgan fingerprint density at radius 1 is 1.26 bits per heavy atom. The van der Waals surface area contributed by atoms with E-state index in [1.165, 1.54) is 12.5 Å². The third kappa shape index (κ3) is 2.41. The molecule has 1 aromatic carbocycles. The van der Waals surface area contributed by atoms with Crippen molar-refractivity contribution >= 4 is 0 Å². The molecule has 3 heteroatoms. The van der Waals surface area contributed by atoms with E-state index in [2.05, 4.69) is 4.90 Å². The van der Waals surface area contributed by atoms with Crippen LogP contribution in [0.1, 0.15) is 49.1 Å². The van der Waals surface area contributed by atoms with Gasteiger partial charge in [-0.1, -0.05) is 25.3 Å². The van der Waals surface area contributed by atoms with Gasteiger partial charge in [0.05, 0.1) is 5.60 Å². The molecule has 0 saturated heterocycles. The Bertz CT molecular complexity index is 468. The summed E-state index contributed by atoms with van der Waals surface area (Å²) in [6.07, 6.45) is 5.19. The van der Waals surface area contributed by atoms with E-state index in [0.29, 0.717) is 0 Å². The van der Waals surface area contributed by atoms with Gasteiger partial charge in [-0.3, -0.25) is 0 Å². The first-order chi connectivity index (χ1) is 9.08. The topological polar surface area (TPSA) is 23.5 Å². The van der Waals surface area contributed by atoms with Crippen LogP contribution in [0, 0.1) is 5.82 Å². The van der Waals surface area contributed by atoms with E-state index in [1.807, 2.05) is 13.1 Å². The van der Waals surface area contributed by atoms with E-state index in [9.17, 15) is 9.50 Å². The molecule has 1 atom stereocenters. The highest BCUT2D eigenvalue weighted by molar-refractivity contribution is 5.35. The number of nitrogens with zero attached hydrogens (tertiary/aromatic N) is 1. The summed E-state index contributed by atoms with van der Waals surface area (Å²) < 4.78 is 13.4. The van der Waals surface area contributed by atoms with Crippen molar-refractivity contribution in [1.29, 1.82) is 0 Å². The first kappa shape index (κ1) is 13.1. The number of likely N-dealkylation sites (N-methyl/N-ethyl adjacent to an activating group) is 1. The van der Waals surface area contributed by atoms with Crippen molar-refractivity contribution < 1.29 is 9.50 Å². The van der Waals surface area contributed by atoms with E-state index < -0.39 is 5.60 Å². The fourth-order valence-corrected chi connectivity index (χ4v) is 3.79. The number of benzene rings is 1. The summed E-state index contributed by atoms with van der Waals surface area (Å²) in [6, 6.07) is 5.04. The summed E-state index contributed by atoms with van der Waals surface area (Å²) >= 11 is 0. The molecular weight excluding hydrogens is 241 g/mol. The second-order valence-corrected chi connectivity index (χ2v) is 6.26. The second-order valence-electron chi connectivity index (χ2n) is 6.26. The van der Waals surface area contributed by atoms with Crippen molar-refractivity contribution in [2.24, 2.45) is 0 Å². The zero-order chi connectivity index (χ0) is 13.5. The molecule has 1 N–H and O–H groups in total. The Balaban J connectivity index is 1.98. The van der Waals surface area contributed by atoms with Gasteiger partial charge in [0.15, 0.2) is 0 Å². The van der Waals surface area contributed by atoms with Crippen LogP contribution in [0.5, 0.6) is 0 Å². The number of hydrogen-bond donors (Lipinski definition) is 1. The molecule has 104 valence electrons. The van der Waals surface area contributed by atoms with E-state index in [1.54, 1.807) is 6.07 Å². The Morgan fingerprint density at radius 3 is 2.74 bits per heavy atom. The van der Waals surface area contributed by atoms with Gasteiger partial charge in [-0.25, -0.2) is 4.39 Å². The normalized spacial score (nSPS) is 27.0. The summed E-state index contributed by atoms with van der Waals surface area (Å²) in [6.45, 7) is 1.65. The van der Waals surface area contributed by atoms with E-state index >= 15 is 0 Å². The van der Waals surface area contributed by atoms with Gasteiger partial charge in [-0.15, -0.1) is 0 Å². The summed E-state index contributed by atoms with van der Waals surface area (Å²) in [5, 5.41) is 11.0. The smallest absolute Gasteiger partial charge is 0.123 e. The van der Waals surface area contributed by atoms with Gasteiger partial charge >= 0.3 is 0 Å². The van der Waals surface area contributed by atoms with Crippen LogP contribution in [0.4, 0.5) is 4.39 Å². The zero-order valence-corrected chi connectivity index (χ0v) is 11.5. The highest BCUT2D eigenvalue weighted by Crippen LogP contribution is 2.43. The molecular formula is C16H22FNO. The summed E-state index contributed by atoms with van der Waals surface area (Å²) in [7, 11) is 2.05. The molecule has 19 heavy (non-hydrogen) atoms. The third-order valence-corrected chi connectivity index (χ3v) is 4.78. The van der Waals surface area contributed by atoms with Crippen LogP contribution in [-0.4, -0.2) is 29.2 Å². The monoisotopic (exact) mass is 263 g/mol. The number of fused-ring (bicyclic) bond motifs is 1. The van der Waals surface area contributed by atoms with E-state index in [0.717, 1.165) is 49.9 Å². The second kappa shape index (κ2) is 4.88. The van der Waals surface area contributed by atoms with Gasteiger partial charge in [0.2, 0.25) is 0 Å². The third-order valence-electron chi connectivity index (χ3n) is 4.78. The molecule has 1 aliphatic carbocycles. The van der Waals surface area contributed by atoms with Crippen molar-refractivity contribution in [2.45, 2.75) is 50.2 Å². The molecule has 0 amide bonds. The van der Waals surface area contributed by atoms with Crippen LogP contribution in [0.15, 0.2) is 18.2 Å². The first-order valence-corrected chi connectivity index (χ1v) is 7.28. The molecule has 1 aliphatic heterocycles. The van der Waals surface area contributed by atoms with Gasteiger partial charge in [0.1, 0.15) is 5.82 Å². The fraction of sp³-hybridized carbons (Fsp3) is 0.625. The van der Waals surface area contributed by atoms with Crippen molar-refractivity contribution in [3.05, 3.63) is 35.1 Å². The SMILES string of the molecule is CN1Cc2cc(F)ccc2C(C2(O)CCCCC2)C1. The molecule has 2 aliphatic rings. The molecule has 1 aromatic rings. The number of rotatable bonds is 1. The molecule has 1 heterocycles. The van der Waals surface area contributed by atoms with Crippen LogP contribution in [0.3, 0.4) is 0 Å². The maximum absolute atomic E-state index is 13.4. The highest BCUT2D eigenvalue weighted by atomic mass is 19.1. The summed E-state index contributed by atoms with van der Waals surface area (Å²) in [5.41, 5.74) is 1.60. The number of hydrogen-bond acceptors (Lipinski definition) is 2. The molecule has 1 saturated carbocycles. The lowest BCUT2D eigenvalue weighted by molar-refractivity contribution is -0.0333. The largest absolute Gasteiger partial charge is 0.389 e. The van der Waals surface area contributed by atoms with Crippen LogP contribution < -0.4 is 0 Å². The zero-order valence-electron chi connectivity index (χ0n) is 11.5. The van der Waals surface area contributed by atoms with Crippen molar-refractivity contribution in [3.63, 3.8) is 0 Å². The van der Waals surface area contributed by atoms with Gasteiger partial charge in [-0.2, -0.15) is 0 Å². The minimum absolute atomic E-state index is 0.127. The number of aliphatic hydroxyl groups is 1. The Kier molecular flexibility index (Phi) is 3.35. The lowest BCUT2D eigenvalue weighted by atomic mass is 9.70. The van der Waals surface area contributed by atoms with Crippen molar-refractivity contribution in [1.82, 2.24) is 4.90 Å². The highest BCUT2D eigenvalue weighted by Gasteiger charge is 2.41. The maximum atomic E-state index is 13.4. The molecule has 0 radical (unpaired) electrons. The predicted molar refractivity (Wildman–Crippen MR) is 73.5 cm³/mol. The van der Waals surface area contributed by atoms with E-state index in [4.69, 9.17) is 0 Å². The lowest BCUT2D eigenvalue weighted by Gasteiger charge is -2.44. The van der Waals surface area contributed by atoms with Crippen molar-refractivity contribution in [3.8, 4) is 0 Å². The summed E-state index contributed by atoms with van der Waals surface area (Å²) in [5.74, 6) is -0.0504. The van der Waals surface area contributed by atoms with Crippen molar-refractivity contribution in [2.75, 3.05) is 13.6 Å². The average molecular weight is 263 g/mol. The Morgan fingerprint density at radius 2 is 2.00 bits per heavy atom. The molecule has 1 fully saturated rings. The number of halogens is 1. The maximum Gasteiger partial charge on any atom is 0.123 e. The van der Waals surface area contributed by atoms with Gasteiger partial charge in [-0.05, 0) is 43.1 Å². The minimum Gasteiger partial charge on any atom is -0.389 e. The molecule has 0 bridgehead atoms. The molecule has 3 rings (SSSR count). The molecule has 2 nitrogen and oxygen atoms in total. The van der Waals surface area contributed by atoms with Gasteiger partial charge < -0.3 is 10.0 Å². The first-order valence-electron chi connectivity index (χ1n) is 7.28. The molecule has 0 spiro atoms. The van der Waals surface area contributed by atoms with Gasteiger partial charge in [0.25, 0.3) is 0 Å². The van der Waals surface area contributed by atoms with Crippen LogP contribution in [-0.2, 0) is 6.54 Å². The average Bonchev–Trinajstić information content (AvgIpc) is 2.38. The quantitative estimate of drug-likeness (QED) is 0.842. The Hall–Kier alpha value is -0.930. The fourth-order valence-electron chi connectivity index (χ4n) is 3.79. The van der Waals surface area contributed by atoms with Crippen LogP contribution >= 0.6 is 0 Å². The standard InChI is InChI=1S/C16H22FNO/c1-18-10-12-9-13(17)5-6-14(12)15(11-18)16(19)7-3-2-4-8-16/h5-6,9,15,19H,2-4,7-8,10-11H2,1H3. The van der Waals surface area contributed by atoms with Crippen LogP contribution in [0.2, 0.25) is 0 Å². The minimum atomic E-state index is -0.598. The molecule has 0 aromatic heterocycles. The van der Waals surface area contributed by atoms with Crippen LogP contribution in [0.25, 0.3) is 0 Å². The predicted octanol–water partition coefficient (Wildman–Crippen LogP) is 3.05. The lowest BCUT2D eigenvalue weighted by Crippen LogP contribution is -2.46. The Labute approximate surface area is 114 Å².